The zero-order chi connectivity index (χ0) is 18.7. The van der Waals surface area contributed by atoms with Gasteiger partial charge in [0, 0.05) is 18.2 Å². The third-order valence-electron chi connectivity index (χ3n) is 5.15. The number of amides is 1. The van der Waals surface area contributed by atoms with E-state index in [1.54, 1.807) is 19.2 Å². The van der Waals surface area contributed by atoms with E-state index in [0.717, 1.165) is 18.4 Å². The van der Waals surface area contributed by atoms with Gasteiger partial charge < -0.3 is 5.32 Å². The fraction of sp³-hybridized carbons (Fsp3) is 0.444. The van der Waals surface area contributed by atoms with Gasteiger partial charge in [0.1, 0.15) is 11.2 Å². The summed E-state index contributed by atoms with van der Waals surface area (Å²) < 4.78 is 54.3. The van der Waals surface area contributed by atoms with Crippen molar-refractivity contribution in [2.75, 3.05) is 5.32 Å². The average molecular weight is 367 g/mol. The summed E-state index contributed by atoms with van der Waals surface area (Å²) >= 11 is 0. The van der Waals surface area contributed by atoms with Crippen LogP contribution in [0.5, 0.6) is 0 Å². The van der Waals surface area contributed by atoms with Crippen molar-refractivity contribution in [3.05, 3.63) is 35.6 Å². The van der Waals surface area contributed by atoms with E-state index in [4.69, 9.17) is 0 Å². The number of nitrogens with zero attached hydrogens (tertiary/aromatic N) is 2. The molecule has 2 fully saturated rings. The molecule has 2 aliphatic carbocycles. The molecule has 0 atom stereocenters. The lowest BCUT2D eigenvalue weighted by molar-refractivity contribution is -0.189. The molecule has 138 valence electrons. The largest absolute Gasteiger partial charge is 0.403 e. The minimum atomic E-state index is -4.56. The topological polar surface area (TPSA) is 46.9 Å². The van der Waals surface area contributed by atoms with Gasteiger partial charge in [0.05, 0.1) is 5.69 Å². The molecule has 0 unspecified atom stereocenters. The number of anilines is 1. The predicted molar refractivity (Wildman–Crippen MR) is 86.9 cm³/mol. The van der Waals surface area contributed by atoms with E-state index in [9.17, 15) is 22.4 Å². The lowest BCUT2D eigenvalue weighted by atomic mass is 10.0. The molecule has 4 nitrogen and oxygen atoms in total. The average Bonchev–Trinajstić information content (AvgIpc) is 3.45. The molecule has 1 heterocycles. The molecule has 2 saturated carbocycles. The van der Waals surface area contributed by atoms with Gasteiger partial charge in [0.2, 0.25) is 5.91 Å². The van der Waals surface area contributed by atoms with E-state index in [1.807, 2.05) is 0 Å². The van der Waals surface area contributed by atoms with Crippen LogP contribution in [0.25, 0.3) is 11.3 Å². The summed E-state index contributed by atoms with van der Waals surface area (Å²) in [5.74, 6) is -1.11. The van der Waals surface area contributed by atoms with E-state index in [1.165, 1.54) is 16.8 Å². The predicted octanol–water partition coefficient (Wildman–Crippen LogP) is 4.38. The molecule has 0 saturated heterocycles. The van der Waals surface area contributed by atoms with E-state index in [0.29, 0.717) is 11.3 Å². The highest BCUT2D eigenvalue weighted by atomic mass is 19.4. The van der Waals surface area contributed by atoms with Crippen LogP contribution < -0.4 is 5.32 Å². The van der Waals surface area contributed by atoms with E-state index in [-0.39, 0.29) is 30.4 Å². The van der Waals surface area contributed by atoms with Gasteiger partial charge in [0.15, 0.2) is 5.82 Å². The number of nitrogens with one attached hydrogen (secondary N) is 1. The summed E-state index contributed by atoms with van der Waals surface area (Å²) in [6, 6.07) is 5.84. The molecule has 1 amide bonds. The van der Waals surface area contributed by atoms with Crippen LogP contribution in [0.3, 0.4) is 0 Å². The van der Waals surface area contributed by atoms with Gasteiger partial charge in [-0.2, -0.15) is 18.3 Å². The Morgan fingerprint density at radius 2 is 1.85 bits per heavy atom. The van der Waals surface area contributed by atoms with Gasteiger partial charge in [-0.3, -0.25) is 9.48 Å². The number of carbonyl (C=O) groups is 1. The van der Waals surface area contributed by atoms with E-state index in [2.05, 4.69) is 10.4 Å². The molecule has 8 heteroatoms. The number of carbonyl (C=O) groups excluding carboxylic acids is 1. The van der Waals surface area contributed by atoms with Crippen molar-refractivity contribution >= 4 is 11.7 Å². The summed E-state index contributed by atoms with van der Waals surface area (Å²) in [4.78, 5) is 12.3. The van der Waals surface area contributed by atoms with E-state index >= 15 is 0 Å². The number of benzene rings is 1. The molecule has 1 aromatic carbocycles. The number of hydrogen-bond acceptors (Lipinski definition) is 2. The third kappa shape index (κ3) is 2.68. The summed E-state index contributed by atoms with van der Waals surface area (Å²) in [7, 11) is 1.66. The van der Waals surface area contributed by atoms with Crippen molar-refractivity contribution in [2.24, 2.45) is 12.5 Å². The first-order valence-electron chi connectivity index (χ1n) is 8.44. The number of aromatic nitrogens is 2. The van der Waals surface area contributed by atoms with Crippen LogP contribution in [-0.2, 0) is 11.8 Å². The Bertz CT molecular complexity index is 862. The zero-order valence-corrected chi connectivity index (χ0v) is 14.0. The van der Waals surface area contributed by atoms with Crippen LogP contribution in [-0.4, -0.2) is 21.9 Å². The molecule has 4 rings (SSSR count). The molecular formula is C18H17F4N3O. The van der Waals surface area contributed by atoms with Gasteiger partial charge in [-0.15, -0.1) is 0 Å². The maximum absolute atomic E-state index is 13.2. The molecule has 1 aromatic heterocycles. The summed E-state index contributed by atoms with van der Waals surface area (Å²) in [6.45, 7) is 0. The minimum absolute atomic E-state index is 0.139. The van der Waals surface area contributed by atoms with Crippen molar-refractivity contribution in [1.82, 2.24) is 9.78 Å². The van der Waals surface area contributed by atoms with Gasteiger partial charge in [-0.1, -0.05) is 0 Å². The Kier molecular flexibility index (Phi) is 3.65. The number of hydrogen-bond donors (Lipinski definition) is 1. The smallest absolute Gasteiger partial charge is 0.308 e. The summed E-state index contributed by atoms with van der Waals surface area (Å²) in [5, 5.41) is 6.68. The fourth-order valence-electron chi connectivity index (χ4n) is 3.33. The standard InChI is InChI=1S/C18H17F4N3O/c1-25-14(11-4-6-12(19)7-5-11)13(10-2-3-10)15(24-25)23-16(26)17(8-9-17)18(20,21)22/h4-7,10H,2-3,8-9H2,1H3,(H,23,24,26). The first-order chi connectivity index (χ1) is 12.2. The first kappa shape index (κ1) is 17.1. The second-order valence-electron chi connectivity index (χ2n) is 7.05. The van der Waals surface area contributed by atoms with Crippen LogP contribution in [0.4, 0.5) is 23.4 Å². The Hall–Kier alpha value is -2.38. The molecule has 0 bridgehead atoms. The third-order valence-corrected chi connectivity index (χ3v) is 5.15. The highest BCUT2D eigenvalue weighted by molar-refractivity contribution is 5.98. The minimum Gasteiger partial charge on any atom is -0.308 e. The maximum Gasteiger partial charge on any atom is 0.403 e. The number of alkyl halides is 3. The second-order valence-corrected chi connectivity index (χ2v) is 7.05. The molecule has 1 N–H and O–H groups in total. The van der Waals surface area contributed by atoms with Crippen LogP contribution in [0.15, 0.2) is 24.3 Å². The number of rotatable bonds is 4. The fourth-order valence-corrected chi connectivity index (χ4v) is 3.33. The van der Waals surface area contributed by atoms with Crippen molar-refractivity contribution in [3.8, 4) is 11.3 Å². The van der Waals surface area contributed by atoms with Crippen molar-refractivity contribution < 1.29 is 22.4 Å². The number of halogens is 4. The molecule has 2 aliphatic rings. The lowest BCUT2D eigenvalue weighted by Gasteiger charge is -2.18. The quantitative estimate of drug-likeness (QED) is 0.815. The molecule has 0 spiro atoms. The molecular weight excluding hydrogens is 350 g/mol. The van der Waals surface area contributed by atoms with Crippen molar-refractivity contribution in [1.29, 1.82) is 0 Å². The maximum atomic E-state index is 13.2. The van der Waals surface area contributed by atoms with Gasteiger partial charge in [-0.25, -0.2) is 4.39 Å². The van der Waals surface area contributed by atoms with Crippen LogP contribution in [0.2, 0.25) is 0 Å². The Labute approximate surface area is 147 Å². The molecule has 0 radical (unpaired) electrons. The second kappa shape index (κ2) is 5.56. The van der Waals surface area contributed by atoms with Crippen LogP contribution in [0.1, 0.15) is 37.2 Å². The highest BCUT2D eigenvalue weighted by Gasteiger charge is 2.68. The molecule has 2 aromatic rings. The normalized spacial score (nSPS) is 18.7. The molecule has 0 aliphatic heterocycles. The summed E-state index contributed by atoms with van der Waals surface area (Å²) in [5.41, 5.74) is -0.160. The van der Waals surface area contributed by atoms with Gasteiger partial charge in [0.25, 0.3) is 0 Å². The van der Waals surface area contributed by atoms with Crippen molar-refractivity contribution in [3.63, 3.8) is 0 Å². The first-order valence-corrected chi connectivity index (χ1v) is 8.44. The SMILES string of the molecule is Cn1nc(NC(=O)C2(C(F)(F)F)CC2)c(C2CC2)c1-c1ccc(F)cc1. The van der Waals surface area contributed by atoms with Gasteiger partial charge in [-0.05, 0) is 55.9 Å². The Morgan fingerprint density at radius 1 is 1.23 bits per heavy atom. The van der Waals surface area contributed by atoms with Crippen LogP contribution >= 0.6 is 0 Å². The highest BCUT2D eigenvalue weighted by Crippen LogP contribution is 2.58. The monoisotopic (exact) mass is 367 g/mol. The van der Waals surface area contributed by atoms with Gasteiger partial charge >= 0.3 is 6.18 Å². The summed E-state index contributed by atoms with van der Waals surface area (Å²) in [6.07, 6.45) is -3.19. The lowest BCUT2D eigenvalue weighted by Crippen LogP contribution is -2.37. The zero-order valence-electron chi connectivity index (χ0n) is 14.0. The van der Waals surface area contributed by atoms with Crippen LogP contribution in [0, 0.1) is 11.2 Å². The van der Waals surface area contributed by atoms with E-state index < -0.39 is 17.5 Å². The Balaban J connectivity index is 1.71. The molecule has 26 heavy (non-hydrogen) atoms. The number of aryl methyl sites for hydroxylation is 1. The van der Waals surface area contributed by atoms with Crippen molar-refractivity contribution in [2.45, 2.75) is 37.8 Å². The Morgan fingerprint density at radius 3 is 2.35 bits per heavy atom.